The molecule has 0 aliphatic heterocycles. The van der Waals surface area contributed by atoms with Gasteiger partial charge in [0.15, 0.2) is 5.16 Å². The Balaban J connectivity index is 1.64. The number of benzene rings is 2. The van der Waals surface area contributed by atoms with Gasteiger partial charge in [-0.1, -0.05) is 69.7 Å². The topological polar surface area (TPSA) is 45.8 Å². The Hall–Kier alpha value is -1.89. The molecule has 0 saturated carbocycles. The molecule has 3 nitrogen and oxygen atoms in total. The largest absolute Gasteiger partial charge is 0.301 e. The summed E-state index contributed by atoms with van der Waals surface area (Å²) in [5, 5.41) is 3.34. The van der Waals surface area contributed by atoms with E-state index in [2.05, 4.69) is 57.1 Å². The van der Waals surface area contributed by atoms with E-state index in [9.17, 15) is 4.79 Å². The predicted molar refractivity (Wildman–Crippen MR) is 114 cm³/mol. The third kappa shape index (κ3) is 3.63. The summed E-state index contributed by atoms with van der Waals surface area (Å²) in [4.78, 5) is 21.0. The van der Waals surface area contributed by atoms with E-state index < -0.39 is 0 Å². The molecule has 0 aliphatic rings. The molecular formula is C20H15BrN2OS2. The molecule has 2 aromatic carbocycles. The number of hydrogen-bond acceptors (Lipinski definition) is 4. The van der Waals surface area contributed by atoms with Gasteiger partial charge in [-0.25, -0.2) is 4.98 Å². The molecule has 2 aromatic heterocycles. The highest BCUT2D eigenvalue weighted by atomic mass is 79.9. The van der Waals surface area contributed by atoms with Gasteiger partial charge in [-0.05, 0) is 30.2 Å². The van der Waals surface area contributed by atoms with E-state index >= 15 is 0 Å². The highest BCUT2D eigenvalue weighted by Crippen LogP contribution is 2.32. The van der Waals surface area contributed by atoms with E-state index in [1.165, 1.54) is 22.5 Å². The first kappa shape index (κ1) is 17.5. The van der Waals surface area contributed by atoms with E-state index in [4.69, 9.17) is 0 Å². The van der Waals surface area contributed by atoms with Crippen LogP contribution in [0.15, 0.2) is 68.3 Å². The minimum atomic E-state index is -0.0786. The Labute approximate surface area is 167 Å². The molecule has 0 spiro atoms. The first-order valence-electron chi connectivity index (χ1n) is 8.06. The van der Waals surface area contributed by atoms with Gasteiger partial charge in [-0.3, -0.25) is 4.79 Å². The fourth-order valence-electron chi connectivity index (χ4n) is 2.68. The minimum absolute atomic E-state index is 0.0786. The maximum absolute atomic E-state index is 12.7. The van der Waals surface area contributed by atoms with E-state index in [1.807, 2.05) is 29.6 Å². The van der Waals surface area contributed by atoms with Crippen LogP contribution in [0.1, 0.15) is 11.1 Å². The zero-order chi connectivity index (χ0) is 18.1. The molecule has 0 aliphatic carbocycles. The van der Waals surface area contributed by atoms with Crippen LogP contribution in [0.5, 0.6) is 0 Å². The van der Waals surface area contributed by atoms with Crippen molar-refractivity contribution in [2.24, 2.45) is 0 Å². The summed E-state index contributed by atoms with van der Waals surface area (Å²) in [6.07, 6.45) is 0. The number of aromatic nitrogens is 2. The van der Waals surface area contributed by atoms with Crippen LogP contribution in [0.4, 0.5) is 0 Å². The smallest absolute Gasteiger partial charge is 0.260 e. The monoisotopic (exact) mass is 442 g/mol. The number of halogens is 1. The van der Waals surface area contributed by atoms with Crippen LogP contribution in [-0.4, -0.2) is 9.97 Å². The van der Waals surface area contributed by atoms with Crippen molar-refractivity contribution in [1.29, 1.82) is 0 Å². The Morgan fingerprint density at radius 2 is 1.85 bits per heavy atom. The Morgan fingerprint density at radius 1 is 1.12 bits per heavy atom. The molecule has 0 radical (unpaired) electrons. The number of fused-ring (bicyclic) bond motifs is 1. The van der Waals surface area contributed by atoms with E-state index in [1.54, 1.807) is 11.8 Å². The first-order valence-corrected chi connectivity index (χ1v) is 10.7. The summed E-state index contributed by atoms with van der Waals surface area (Å²) in [7, 11) is 0. The van der Waals surface area contributed by atoms with Crippen molar-refractivity contribution in [3.63, 3.8) is 0 Å². The molecule has 0 saturated heterocycles. The molecule has 0 unspecified atom stereocenters. The fourth-order valence-corrected chi connectivity index (χ4v) is 4.76. The van der Waals surface area contributed by atoms with Crippen molar-refractivity contribution < 1.29 is 0 Å². The molecule has 0 atom stereocenters. The van der Waals surface area contributed by atoms with E-state index in [-0.39, 0.29) is 5.56 Å². The molecule has 1 N–H and O–H groups in total. The van der Waals surface area contributed by atoms with Gasteiger partial charge in [0.1, 0.15) is 4.83 Å². The normalized spacial score (nSPS) is 11.2. The predicted octanol–water partition coefficient (Wildman–Crippen LogP) is 6.01. The zero-order valence-electron chi connectivity index (χ0n) is 14.0. The Kier molecular flexibility index (Phi) is 4.98. The second-order valence-electron chi connectivity index (χ2n) is 5.98. The van der Waals surface area contributed by atoms with Crippen molar-refractivity contribution in [2.45, 2.75) is 17.8 Å². The van der Waals surface area contributed by atoms with Gasteiger partial charge < -0.3 is 4.98 Å². The summed E-state index contributed by atoms with van der Waals surface area (Å²) in [5.74, 6) is 0.762. The molecule has 130 valence electrons. The van der Waals surface area contributed by atoms with Crippen molar-refractivity contribution in [1.82, 2.24) is 9.97 Å². The fraction of sp³-hybridized carbons (Fsp3) is 0.100. The standard InChI is InChI=1S/C20H15BrN2OS2/c1-12-2-6-14(7-3-12)16-11-25-19-17(16)18(24)22-20(23-19)26-10-13-4-8-15(21)9-5-13/h2-9,11H,10H2,1H3,(H,22,23,24). The Morgan fingerprint density at radius 3 is 2.58 bits per heavy atom. The van der Waals surface area contributed by atoms with E-state index in [0.29, 0.717) is 10.5 Å². The van der Waals surface area contributed by atoms with Crippen LogP contribution in [0.2, 0.25) is 0 Å². The van der Waals surface area contributed by atoms with Crippen LogP contribution in [-0.2, 0) is 5.75 Å². The lowest BCUT2D eigenvalue weighted by Gasteiger charge is -2.03. The van der Waals surface area contributed by atoms with Crippen molar-refractivity contribution in [2.75, 3.05) is 0 Å². The summed E-state index contributed by atoms with van der Waals surface area (Å²) >= 11 is 6.49. The number of hydrogen-bond donors (Lipinski definition) is 1. The first-order chi connectivity index (χ1) is 12.6. The van der Waals surface area contributed by atoms with Gasteiger partial charge in [-0.2, -0.15) is 0 Å². The molecule has 26 heavy (non-hydrogen) atoms. The third-order valence-electron chi connectivity index (χ3n) is 4.07. The maximum atomic E-state index is 12.7. The summed E-state index contributed by atoms with van der Waals surface area (Å²) in [6.45, 7) is 2.05. The van der Waals surface area contributed by atoms with Crippen LogP contribution >= 0.6 is 39.0 Å². The van der Waals surface area contributed by atoms with Crippen LogP contribution in [0.3, 0.4) is 0 Å². The van der Waals surface area contributed by atoms with Gasteiger partial charge in [0.25, 0.3) is 5.56 Å². The van der Waals surface area contributed by atoms with Crippen LogP contribution < -0.4 is 5.56 Å². The maximum Gasteiger partial charge on any atom is 0.260 e. The Bertz CT molecular complexity index is 1120. The summed E-state index contributed by atoms with van der Waals surface area (Å²) < 4.78 is 1.06. The lowest BCUT2D eigenvalue weighted by Crippen LogP contribution is -2.08. The number of thioether (sulfide) groups is 1. The lowest BCUT2D eigenvalue weighted by atomic mass is 10.1. The summed E-state index contributed by atoms with van der Waals surface area (Å²) in [6, 6.07) is 16.4. The zero-order valence-corrected chi connectivity index (χ0v) is 17.2. The SMILES string of the molecule is Cc1ccc(-c2csc3nc(SCc4ccc(Br)cc4)[nH]c(=O)c23)cc1. The molecule has 4 aromatic rings. The number of H-pyrrole nitrogens is 1. The van der Waals surface area contributed by atoms with Gasteiger partial charge >= 0.3 is 0 Å². The second kappa shape index (κ2) is 7.39. The van der Waals surface area contributed by atoms with Crippen LogP contribution in [0.25, 0.3) is 21.3 Å². The van der Waals surface area contributed by atoms with Gasteiger partial charge in [-0.15, -0.1) is 11.3 Å². The summed E-state index contributed by atoms with van der Waals surface area (Å²) in [5.41, 5.74) is 4.30. The third-order valence-corrected chi connectivity index (χ3v) is 6.42. The van der Waals surface area contributed by atoms with Crippen molar-refractivity contribution in [3.05, 3.63) is 79.9 Å². The lowest BCUT2D eigenvalue weighted by molar-refractivity contribution is 0.980. The average molecular weight is 443 g/mol. The average Bonchev–Trinajstić information content (AvgIpc) is 3.06. The quantitative estimate of drug-likeness (QED) is 0.310. The number of nitrogens with one attached hydrogen (secondary N) is 1. The molecule has 2 heterocycles. The number of thiophene rings is 1. The molecule has 0 bridgehead atoms. The van der Waals surface area contributed by atoms with Gasteiger partial charge in [0.05, 0.1) is 5.39 Å². The van der Waals surface area contributed by atoms with E-state index in [0.717, 1.165) is 26.2 Å². The van der Waals surface area contributed by atoms with Crippen molar-refractivity contribution in [3.8, 4) is 11.1 Å². The number of nitrogens with zero attached hydrogens (tertiary/aromatic N) is 1. The highest BCUT2D eigenvalue weighted by Gasteiger charge is 2.13. The molecule has 0 fully saturated rings. The van der Waals surface area contributed by atoms with Crippen molar-refractivity contribution >= 4 is 49.2 Å². The molecular weight excluding hydrogens is 428 g/mol. The number of aromatic amines is 1. The molecule has 6 heteroatoms. The van der Waals surface area contributed by atoms with Gasteiger partial charge in [0.2, 0.25) is 0 Å². The molecule has 0 amide bonds. The van der Waals surface area contributed by atoms with Crippen LogP contribution in [0, 0.1) is 6.92 Å². The highest BCUT2D eigenvalue weighted by molar-refractivity contribution is 9.10. The van der Waals surface area contributed by atoms with Gasteiger partial charge in [0, 0.05) is 21.2 Å². The number of rotatable bonds is 4. The number of aryl methyl sites for hydroxylation is 1. The molecule has 4 rings (SSSR count). The minimum Gasteiger partial charge on any atom is -0.301 e. The second-order valence-corrected chi connectivity index (χ2v) is 8.72.